The molecule has 0 unspecified atom stereocenters. The molecule has 3 nitrogen and oxygen atoms in total. The van der Waals surface area contributed by atoms with Crippen LogP contribution >= 0.6 is 0 Å². The fourth-order valence-corrected chi connectivity index (χ4v) is 3.07. The molecular weight excluding hydrogens is 250 g/mol. The van der Waals surface area contributed by atoms with Crippen LogP contribution in [0.5, 0.6) is 11.5 Å². The Balaban J connectivity index is 1.97. The molecule has 1 N–H and O–H groups in total. The Kier molecular flexibility index (Phi) is 5.16. The van der Waals surface area contributed by atoms with E-state index in [2.05, 4.69) is 19.2 Å². The van der Waals surface area contributed by atoms with Crippen molar-refractivity contribution in [3.63, 3.8) is 0 Å². The third-order valence-corrected chi connectivity index (χ3v) is 4.48. The molecule has 3 heteroatoms. The minimum absolute atomic E-state index is 0.562. The number of hydrogen-bond donors (Lipinski definition) is 1. The average molecular weight is 277 g/mol. The third-order valence-electron chi connectivity index (χ3n) is 4.48. The van der Waals surface area contributed by atoms with E-state index in [-0.39, 0.29) is 0 Å². The van der Waals surface area contributed by atoms with Gasteiger partial charge in [-0.3, -0.25) is 0 Å². The van der Waals surface area contributed by atoms with Crippen molar-refractivity contribution < 1.29 is 9.47 Å². The zero-order valence-corrected chi connectivity index (χ0v) is 13.1. The first kappa shape index (κ1) is 15.0. The SMILES string of the molecule is COc1ccc(NC2CCC(C(C)C)CC2)c(OC)c1. The molecule has 0 radical (unpaired) electrons. The Labute approximate surface area is 122 Å². The van der Waals surface area contributed by atoms with Gasteiger partial charge in [0.2, 0.25) is 0 Å². The highest BCUT2D eigenvalue weighted by Gasteiger charge is 2.23. The van der Waals surface area contributed by atoms with Crippen molar-refractivity contribution in [2.75, 3.05) is 19.5 Å². The van der Waals surface area contributed by atoms with Gasteiger partial charge < -0.3 is 14.8 Å². The molecular formula is C17H27NO2. The van der Waals surface area contributed by atoms with E-state index in [0.29, 0.717) is 6.04 Å². The van der Waals surface area contributed by atoms with Gasteiger partial charge in [0, 0.05) is 12.1 Å². The first-order valence-corrected chi connectivity index (χ1v) is 7.62. The van der Waals surface area contributed by atoms with E-state index in [4.69, 9.17) is 9.47 Å². The van der Waals surface area contributed by atoms with Crippen LogP contribution in [0.1, 0.15) is 39.5 Å². The highest BCUT2D eigenvalue weighted by Crippen LogP contribution is 2.34. The summed E-state index contributed by atoms with van der Waals surface area (Å²) in [5.41, 5.74) is 1.07. The first-order valence-electron chi connectivity index (χ1n) is 7.62. The van der Waals surface area contributed by atoms with Gasteiger partial charge in [-0.25, -0.2) is 0 Å². The maximum atomic E-state index is 5.45. The van der Waals surface area contributed by atoms with Crippen LogP contribution in [-0.4, -0.2) is 20.3 Å². The van der Waals surface area contributed by atoms with Crippen molar-refractivity contribution in [2.45, 2.75) is 45.6 Å². The fraction of sp³-hybridized carbons (Fsp3) is 0.647. The Morgan fingerprint density at radius 2 is 1.75 bits per heavy atom. The maximum Gasteiger partial charge on any atom is 0.145 e. The predicted octanol–water partition coefficient (Wildman–Crippen LogP) is 4.33. The molecule has 1 aliphatic carbocycles. The van der Waals surface area contributed by atoms with E-state index in [9.17, 15) is 0 Å². The normalized spacial score (nSPS) is 22.6. The lowest BCUT2D eigenvalue weighted by Crippen LogP contribution is -2.28. The van der Waals surface area contributed by atoms with Gasteiger partial charge in [0.1, 0.15) is 11.5 Å². The van der Waals surface area contributed by atoms with E-state index >= 15 is 0 Å². The summed E-state index contributed by atoms with van der Waals surface area (Å²) in [6, 6.07) is 6.52. The van der Waals surface area contributed by atoms with E-state index in [1.165, 1.54) is 25.7 Å². The molecule has 0 atom stereocenters. The van der Waals surface area contributed by atoms with E-state index < -0.39 is 0 Å². The number of nitrogens with one attached hydrogen (secondary N) is 1. The van der Waals surface area contributed by atoms with E-state index in [0.717, 1.165) is 29.0 Å². The molecule has 0 saturated heterocycles. The molecule has 20 heavy (non-hydrogen) atoms. The van der Waals surface area contributed by atoms with E-state index in [1.807, 2.05) is 18.2 Å². The maximum absolute atomic E-state index is 5.45. The highest BCUT2D eigenvalue weighted by atomic mass is 16.5. The second kappa shape index (κ2) is 6.87. The van der Waals surface area contributed by atoms with Crippen molar-refractivity contribution in [1.29, 1.82) is 0 Å². The monoisotopic (exact) mass is 277 g/mol. The molecule has 112 valence electrons. The van der Waals surface area contributed by atoms with Gasteiger partial charge in [0.25, 0.3) is 0 Å². The fourth-order valence-electron chi connectivity index (χ4n) is 3.07. The minimum atomic E-state index is 0.562. The second-order valence-corrected chi connectivity index (χ2v) is 6.07. The number of anilines is 1. The van der Waals surface area contributed by atoms with Gasteiger partial charge in [-0.1, -0.05) is 13.8 Å². The molecule has 0 aromatic heterocycles. The second-order valence-electron chi connectivity index (χ2n) is 6.07. The zero-order chi connectivity index (χ0) is 14.5. The van der Waals surface area contributed by atoms with Crippen LogP contribution in [-0.2, 0) is 0 Å². The molecule has 0 aliphatic heterocycles. The first-order chi connectivity index (χ1) is 9.63. The molecule has 2 rings (SSSR count). The van der Waals surface area contributed by atoms with Crippen molar-refractivity contribution in [2.24, 2.45) is 11.8 Å². The van der Waals surface area contributed by atoms with Crippen LogP contribution < -0.4 is 14.8 Å². The zero-order valence-electron chi connectivity index (χ0n) is 13.1. The number of hydrogen-bond acceptors (Lipinski definition) is 3. The lowest BCUT2D eigenvalue weighted by molar-refractivity contribution is 0.266. The molecule has 0 spiro atoms. The summed E-state index contributed by atoms with van der Waals surface area (Å²) in [6.07, 6.45) is 5.15. The molecule has 1 aliphatic rings. The van der Waals surface area contributed by atoms with Gasteiger partial charge in [0.05, 0.1) is 19.9 Å². The quantitative estimate of drug-likeness (QED) is 0.869. The van der Waals surface area contributed by atoms with Crippen LogP contribution in [0.4, 0.5) is 5.69 Å². The molecule has 0 heterocycles. The summed E-state index contributed by atoms with van der Waals surface area (Å²) < 4.78 is 10.7. The summed E-state index contributed by atoms with van der Waals surface area (Å²) in [7, 11) is 3.38. The highest BCUT2D eigenvalue weighted by molar-refractivity contribution is 5.59. The van der Waals surface area contributed by atoms with Crippen molar-refractivity contribution >= 4 is 5.69 Å². The average Bonchev–Trinajstić information content (AvgIpc) is 2.48. The van der Waals surface area contributed by atoms with Crippen LogP contribution in [0, 0.1) is 11.8 Å². The molecule has 0 amide bonds. The Morgan fingerprint density at radius 1 is 1.05 bits per heavy atom. The van der Waals surface area contributed by atoms with Gasteiger partial charge in [-0.2, -0.15) is 0 Å². The van der Waals surface area contributed by atoms with Crippen LogP contribution in [0.2, 0.25) is 0 Å². The van der Waals surface area contributed by atoms with Gasteiger partial charge >= 0.3 is 0 Å². The van der Waals surface area contributed by atoms with Crippen LogP contribution in [0.15, 0.2) is 18.2 Å². The van der Waals surface area contributed by atoms with Gasteiger partial charge in [-0.15, -0.1) is 0 Å². The Hall–Kier alpha value is -1.38. The molecule has 0 bridgehead atoms. The minimum Gasteiger partial charge on any atom is -0.497 e. The molecule has 1 fully saturated rings. The summed E-state index contributed by atoms with van der Waals surface area (Å²) >= 11 is 0. The third kappa shape index (κ3) is 3.59. The predicted molar refractivity (Wildman–Crippen MR) is 83.8 cm³/mol. The molecule has 1 aromatic carbocycles. The molecule has 1 saturated carbocycles. The number of ether oxygens (including phenoxy) is 2. The lowest BCUT2D eigenvalue weighted by Gasteiger charge is -2.32. The summed E-state index contributed by atoms with van der Waals surface area (Å²) in [5.74, 6) is 3.39. The van der Waals surface area contributed by atoms with Crippen molar-refractivity contribution in [1.82, 2.24) is 0 Å². The van der Waals surface area contributed by atoms with Gasteiger partial charge in [0.15, 0.2) is 0 Å². The Bertz CT molecular complexity index is 423. The summed E-state index contributed by atoms with van der Waals surface area (Å²) in [6.45, 7) is 4.68. The topological polar surface area (TPSA) is 30.5 Å². The molecule has 1 aromatic rings. The lowest BCUT2D eigenvalue weighted by atomic mass is 9.79. The van der Waals surface area contributed by atoms with Crippen molar-refractivity contribution in [3.8, 4) is 11.5 Å². The van der Waals surface area contributed by atoms with Gasteiger partial charge in [-0.05, 0) is 49.7 Å². The Morgan fingerprint density at radius 3 is 2.30 bits per heavy atom. The number of benzene rings is 1. The largest absolute Gasteiger partial charge is 0.497 e. The van der Waals surface area contributed by atoms with Crippen molar-refractivity contribution in [3.05, 3.63) is 18.2 Å². The number of rotatable bonds is 5. The standard InChI is InChI=1S/C17H27NO2/c1-12(2)13-5-7-14(8-6-13)18-16-10-9-15(19-3)11-17(16)20-4/h9-14,18H,5-8H2,1-4H3. The van der Waals surface area contributed by atoms with Crippen LogP contribution in [0.3, 0.4) is 0 Å². The smallest absolute Gasteiger partial charge is 0.145 e. The summed E-state index contributed by atoms with van der Waals surface area (Å²) in [4.78, 5) is 0. The van der Waals surface area contributed by atoms with Crippen LogP contribution in [0.25, 0.3) is 0 Å². The summed E-state index contributed by atoms with van der Waals surface area (Å²) in [5, 5.41) is 3.63. The van der Waals surface area contributed by atoms with E-state index in [1.54, 1.807) is 14.2 Å². The number of methoxy groups -OCH3 is 2.